The molecule has 1 aromatic rings. The standard InChI is InChI=1S/C22H30/c1-5-11-18(7-3)19-12-10-13-20(16-19)22-15-9-8-14-21(22)17(4)6-2/h8-10,12-13,15-16,18H,5-7,11,14H2,1-4H3/b21-17+. The van der Waals surface area contributed by atoms with E-state index >= 15 is 0 Å². The van der Waals surface area contributed by atoms with Crippen LogP contribution in [0.5, 0.6) is 0 Å². The number of benzene rings is 1. The van der Waals surface area contributed by atoms with E-state index in [4.69, 9.17) is 0 Å². The first kappa shape index (κ1) is 16.8. The monoisotopic (exact) mass is 294 g/mol. The van der Waals surface area contributed by atoms with Crippen LogP contribution >= 0.6 is 0 Å². The molecule has 118 valence electrons. The molecule has 0 N–H and O–H groups in total. The SMILES string of the molecule is CCCC(CC)c1cccc(C2=CC=CC/C2=C(/C)CC)c1. The Morgan fingerprint density at radius 2 is 2.00 bits per heavy atom. The van der Waals surface area contributed by atoms with Crippen molar-refractivity contribution < 1.29 is 0 Å². The molecule has 1 aliphatic carbocycles. The van der Waals surface area contributed by atoms with Gasteiger partial charge in [0.1, 0.15) is 0 Å². The van der Waals surface area contributed by atoms with Crippen molar-refractivity contribution in [3.8, 4) is 0 Å². The lowest BCUT2D eigenvalue weighted by Crippen LogP contribution is -2.00. The van der Waals surface area contributed by atoms with Crippen molar-refractivity contribution in [1.29, 1.82) is 0 Å². The molecule has 1 aliphatic rings. The smallest absolute Gasteiger partial charge is 0.00887 e. The van der Waals surface area contributed by atoms with Crippen LogP contribution in [0.1, 0.15) is 76.8 Å². The second-order valence-corrected chi connectivity index (χ2v) is 6.34. The zero-order valence-electron chi connectivity index (χ0n) is 14.7. The van der Waals surface area contributed by atoms with Gasteiger partial charge in [-0.1, -0.05) is 75.3 Å². The third-order valence-corrected chi connectivity index (χ3v) is 4.89. The molecule has 0 bridgehead atoms. The summed E-state index contributed by atoms with van der Waals surface area (Å²) >= 11 is 0. The summed E-state index contributed by atoms with van der Waals surface area (Å²) in [6.07, 6.45) is 12.7. The normalized spacial score (nSPS) is 18.1. The average molecular weight is 294 g/mol. The van der Waals surface area contributed by atoms with Crippen LogP contribution in [0.15, 0.2) is 53.6 Å². The van der Waals surface area contributed by atoms with Gasteiger partial charge in [0.25, 0.3) is 0 Å². The maximum atomic E-state index is 2.43. The van der Waals surface area contributed by atoms with Crippen LogP contribution in [0.25, 0.3) is 5.57 Å². The van der Waals surface area contributed by atoms with Gasteiger partial charge in [0.2, 0.25) is 0 Å². The molecule has 1 atom stereocenters. The Balaban J connectivity index is 2.40. The summed E-state index contributed by atoms with van der Waals surface area (Å²) in [4.78, 5) is 0. The third kappa shape index (κ3) is 3.80. The maximum absolute atomic E-state index is 2.43. The third-order valence-electron chi connectivity index (χ3n) is 4.89. The number of rotatable bonds is 6. The minimum Gasteiger partial charge on any atom is -0.0801 e. The Hall–Kier alpha value is -1.56. The van der Waals surface area contributed by atoms with E-state index in [0.717, 1.165) is 12.8 Å². The van der Waals surface area contributed by atoms with Crippen LogP contribution in [-0.4, -0.2) is 0 Å². The van der Waals surface area contributed by atoms with Crippen LogP contribution in [0.3, 0.4) is 0 Å². The lowest BCUT2D eigenvalue weighted by atomic mass is 9.85. The van der Waals surface area contributed by atoms with E-state index in [2.05, 4.69) is 70.2 Å². The summed E-state index contributed by atoms with van der Waals surface area (Å²) in [7, 11) is 0. The van der Waals surface area contributed by atoms with Crippen molar-refractivity contribution in [2.24, 2.45) is 0 Å². The molecule has 0 aromatic heterocycles. The minimum absolute atomic E-state index is 0.699. The molecule has 0 spiro atoms. The van der Waals surface area contributed by atoms with Gasteiger partial charge >= 0.3 is 0 Å². The van der Waals surface area contributed by atoms with E-state index in [1.807, 2.05) is 0 Å². The highest BCUT2D eigenvalue weighted by molar-refractivity contribution is 5.82. The van der Waals surface area contributed by atoms with Crippen molar-refractivity contribution in [3.63, 3.8) is 0 Å². The average Bonchev–Trinajstić information content (AvgIpc) is 2.59. The number of hydrogen-bond acceptors (Lipinski definition) is 0. The molecule has 0 amide bonds. The highest BCUT2D eigenvalue weighted by Crippen LogP contribution is 2.34. The Morgan fingerprint density at radius 1 is 1.18 bits per heavy atom. The van der Waals surface area contributed by atoms with E-state index in [9.17, 15) is 0 Å². The summed E-state index contributed by atoms with van der Waals surface area (Å²) in [5.41, 5.74) is 7.35. The van der Waals surface area contributed by atoms with Gasteiger partial charge in [0.15, 0.2) is 0 Å². The quantitative estimate of drug-likeness (QED) is 0.527. The van der Waals surface area contributed by atoms with Crippen molar-refractivity contribution in [3.05, 3.63) is 64.8 Å². The fourth-order valence-electron chi connectivity index (χ4n) is 3.36. The molecule has 0 nitrogen and oxygen atoms in total. The van der Waals surface area contributed by atoms with Crippen molar-refractivity contribution >= 4 is 5.57 Å². The van der Waals surface area contributed by atoms with Crippen LogP contribution < -0.4 is 0 Å². The van der Waals surface area contributed by atoms with Crippen LogP contribution in [0.2, 0.25) is 0 Å². The topological polar surface area (TPSA) is 0 Å². The summed E-state index contributed by atoms with van der Waals surface area (Å²) in [5.74, 6) is 0.699. The first-order valence-electron chi connectivity index (χ1n) is 8.87. The molecule has 1 aromatic carbocycles. The number of hydrogen-bond donors (Lipinski definition) is 0. The molecule has 22 heavy (non-hydrogen) atoms. The van der Waals surface area contributed by atoms with Gasteiger partial charge in [-0.15, -0.1) is 0 Å². The molecule has 0 fully saturated rings. The van der Waals surface area contributed by atoms with Crippen molar-refractivity contribution in [2.75, 3.05) is 0 Å². The molecule has 2 rings (SSSR count). The Morgan fingerprint density at radius 3 is 2.68 bits per heavy atom. The fourth-order valence-corrected chi connectivity index (χ4v) is 3.36. The Kier molecular flexibility index (Phi) is 6.24. The van der Waals surface area contributed by atoms with Crippen LogP contribution in [0, 0.1) is 0 Å². The lowest BCUT2D eigenvalue weighted by Gasteiger charge is -2.20. The zero-order valence-corrected chi connectivity index (χ0v) is 14.7. The predicted octanol–water partition coefficient (Wildman–Crippen LogP) is 7.05. The first-order valence-corrected chi connectivity index (χ1v) is 8.87. The van der Waals surface area contributed by atoms with E-state index in [-0.39, 0.29) is 0 Å². The molecular weight excluding hydrogens is 264 g/mol. The van der Waals surface area contributed by atoms with Crippen molar-refractivity contribution in [1.82, 2.24) is 0 Å². The molecule has 1 unspecified atom stereocenters. The van der Waals surface area contributed by atoms with Gasteiger partial charge in [-0.25, -0.2) is 0 Å². The Labute approximate surface area is 136 Å². The zero-order chi connectivity index (χ0) is 15.9. The van der Waals surface area contributed by atoms with Crippen LogP contribution in [-0.2, 0) is 0 Å². The fraction of sp³-hybridized carbons (Fsp3) is 0.455. The summed E-state index contributed by atoms with van der Waals surface area (Å²) < 4.78 is 0. The highest BCUT2D eigenvalue weighted by atomic mass is 14.2. The van der Waals surface area contributed by atoms with Crippen molar-refractivity contribution in [2.45, 2.75) is 65.7 Å². The van der Waals surface area contributed by atoms with E-state index in [1.165, 1.54) is 47.1 Å². The number of allylic oxidation sites excluding steroid dienone is 6. The van der Waals surface area contributed by atoms with Gasteiger partial charge in [-0.2, -0.15) is 0 Å². The molecular formula is C22H30. The van der Waals surface area contributed by atoms with Gasteiger partial charge in [-0.3, -0.25) is 0 Å². The maximum Gasteiger partial charge on any atom is -0.00887 e. The Bertz CT molecular complexity index is 584. The second-order valence-electron chi connectivity index (χ2n) is 6.34. The molecule has 0 radical (unpaired) electrons. The summed E-state index contributed by atoms with van der Waals surface area (Å²) in [5, 5.41) is 0. The van der Waals surface area contributed by atoms with Gasteiger partial charge in [0.05, 0.1) is 0 Å². The van der Waals surface area contributed by atoms with Gasteiger partial charge < -0.3 is 0 Å². The van der Waals surface area contributed by atoms with E-state index in [0.29, 0.717) is 5.92 Å². The molecule has 0 aliphatic heterocycles. The van der Waals surface area contributed by atoms with Crippen LogP contribution in [0.4, 0.5) is 0 Å². The molecule has 0 saturated heterocycles. The van der Waals surface area contributed by atoms with E-state index < -0.39 is 0 Å². The van der Waals surface area contributed by atoms with Gasteiger partial charge in [0, 0.05) is 0 Å². The summed E-state index contributed by atoms with van der Waals surface area (Å²) in [6, 6.07) is 9.25. The van der Waals surface area contributed by atoms with Gasteiger partial charge in [-0.05, 0) is 60.8 Å². The lowest BCUT2D eigenvalue weighted by molar-refractivity contribution is 0.596. The van der Waals surface area contributed by atoms with E-state index in [1.54, 1.807) is 0 Å². The molecule has 0 saturated carbocycles. The highest BCUT2D eigenvalue weighted by Gasteiger charge is 2.14. The second kappa shape index (κ2) is 8.17. The summed E-state index contributed by atoms with van der Waals surface area (Å²) in [6.45, 7) is 9.12. The predicted molar refractivity (Wildman–Crippen MR) is 99.1 cm³/mol. The molecule has 0 heterocycles. The molecule has 0 heteroatoms. The minimum atomic E-state index is 0.699. The first-order chi connectivity index (χ1) is 10.7. The largest absolute Gasteiger partial charge is 0.0801 e.